The van der Waals surface area contributed by atoms with Gasteiger partial charge in [0.2, 0.25) is 0 Å². The molecule has 0 spiro atoms. The Morgan fingerprint density at radius 2 is 1.75 bits per heavy atom. The number of carboxylic acids is 1. The molecular formula is C9H19NO2. The Morgan fingerprint density at radius 3 is 1.83 bits per heavy atom. The fourth-order valence-corrected chi connectivity index (χ4v) is 1.41. The van der Waals surface area contributed by atoms with Gasteiger partial charge in [0.1, 0.15) is 0 Å². The minimum absolute atomic E-state index is 0.00646. The van der Waals surface area contributed by atoms with Crippen molar-refractivity contribution in [3.63, 3.8) is 0 Å². The molecule has 3 nitrogen and oxygen atoms in total. The van der Waals surface area contributed by atoms with Gasteiger partial charge in [-0.25, -0.2) is 0 Å². The van der Waals surface area contributed by atoms with Gasteiger partial charge >= 0.3 is 5.97 Å². The van der Waals surface area contributed by atoms with Gasteiger partial charge in [0.15, 0.2) is 0 Å². The maximum Gasteiger partial charge on any atom is 0.310 e. The highest BCUT2D eigenvalue weighted by atomic mass is 16.4. The summed E-state index contributed by atoms with van der Waals surface area (Å²) in [5.74, 6) is -0.806. The lowest BCUT2D eigenvalue weighted by molar-refractivity contribution is -0.149. The largest absolute Gasteiger partial charge is 0.481 e. The van der Waals surface area contributed by atoms with Crippen molar-refractivity contribution in [2.24, 2.45) is 16.6 Å². The van der Waals surface area contributed by atoms with E-state index in [1.165, 1.54) is 0 Å². The predicted molar refractivity (Wildman–Crippen MR) is 48.9 cm³/mol. The standard InChI is InChI=1S/C9H19NO2/c1-8(2,3)5-9(4,6-10)7(11)12/h5-6,10H2,1-4H3,(H,11,12). The van der Waals surface area contributed by atoms with E-state index in [9.17, 15) is 4.79 Å². The highest BCUT2D eigenvalue weighted by Crippen LogP contribution is 2.32. The maximum absolute atomic E-state index is 10.8. The second kappa shape index (κ2) is 3.44. The molecular weight excluding hydrogens is 154 g/mol. The molecule has 0 bridgehead atoms. The van der Waals surface area contributed by atoms with E-state index in [-0.39, 0.29) is 12.0 Å². The van der Waals surface area contributed by atoms with Gasteiger partial charge in [0.05, 0.1) is 5.41 Å². The summed E-state index contributed by atoms with van der Waals surface area (Å²) >= 11 is 0. The average molecular weight is 173 g/mol. The molecule has 0 amide bonds. The lowest BCUT2D eigenvalue weighted by atomic mass is 9.75. The van der Waals surface area contributed by atoms with Crippen LogP contribution in [-0.4, -0.2) is 17.6 Å². The normalized spacial score (nSPS) is 17.1. The summed E-state index contributed by atoms with van der Waals surface area (Å²) in [5.41, 5.74) is 4.66. The number of nitrogens with two attached hydrogens (primary N) is 1. The molecule has 0 aromatic heterocycles. The van der Waals surface area contributed by atoms with E-state index >= 15 is 0 Å². The van der Waals surface area contributed by atoms with Crippen LogP contribution in [0.4, 0.5) is 0 Å². The molecule has 0 fully saturated rings. The maximum atomic E-state index is 10.8. The smallest absolute Gasteiger partial charge is 0.310 e. The molecule has 0 aliphatic rings. The molecule has 3 heteroatoms. The first-order valence-corrected chi connectivity index (χ1v) is 4.15. The van der Waals surface area contributed by atoms with E-state index in [1.807, 2.05) is 20.8 Å². The van der Waals surface area contributed by atoms with Gasteiger partial charge in [0, 0.05) is 6.54 Å². The first kappa shape index (κ1) is 11.4. The van der Waals surface area contributed by atoms with Crippen LogP contribution in [0.15, 0.2) is 0 Å². The van der Waals surface area contributed by atoms with Crippen LogP contribution in [0.1, 0.15) is 34.1 Å². The molecule has 0 aromatic carbocycles. The third-order valence-electron chi connectivity index (χ3n) is 1.89. The molecule has 0 rings (SSSR count). The summed E-state index contributed by atoms with van der Waals surface area (Å²) in [6.07, 6.45) is 0.603. The van der Waals surface area contributed by atoms with E-state index in [2.05, 4.69) is 0 Å². The monoisotopic (exact) mass is 173 g/mol. The lowest BCUT2D eigenvalue weighted by Crippen LogP contribution is -2.38. The molecule has 0 saturated heterocycles. The van der Waals surface area contributed by atoms with Crippen LogP contribution >= 0.6 is 0 Å². The SMILES string of the molecule is CC(C)(C)CC(C)(CN)C(=O)O. The number of carboxylic acid groups (broad SMARTS) is 1. The van der Waals surface area contributed by atoms with Gasteiger partial charge in [-0.3, -0.25) is 4.79 Å². The topological polar surface area (TPSA) is 63.3 Å². The molecule has 12 heavy (non-hydrogen) atoms. The summed E-state index contributed by atoms with van der Waals surface area (Å²) in [7, 11) is 0. The fourth-order valence-electron chi connectivity index (χ4n) is 1.41. The Kier molecular flexibility index (Phi) is 3.27. The first-order valence-electron chi connectivity index (χ1n) is 4.15. The minimum atomic E-state index is -0.806. The van der Waals surface area contributed by atoms with Gasteiger partial charge in [-0.05, 0) is 18.8 Å². The average Bonchev–Trinajstić information content (AvgIpc) is 1.83. The van der Waals surface area contributed by atoms with Crippen molar-refractivity contribution < 1.29 is 9.90 Å². The quantitative estimate of drug-likeness (QED) is 0.679. The van der Waals surface area contributed by atoms with Crippen LogP contribution in [0.3, 0.4) is 0 Å². The molecule has 72 valence electrons. The summed E-state index contributed by atoms with van der Waals surface area (Å²) in [6, 6.07) is 0. The fraction of sp³-hybridized carbons (Fsp3) is 0.889. The Morgan fingerprint density at radius 1 is 1.33 bits per heavy atom. The molecule has 1 atom stereocenters. The summed E-state index contributed by atoms with van der Waals surface area (Å²) in [6.45, 7) is 7.94. The molecule has 0 saturated carbocycles. The molecule has 0 aromatic rings. The van der Waals surface area contributed by atoms with E-state index in [4.69, 9.17) is 10.8 Å². The number of hydrogen-bond acceptors (Lipinski definition) is 2. The van der Waals surface area contributed by atoms with Crippen molar-refractivity contribution >= 4 is 5.97 Å². The van der Waals surface area contributed by atoms with E-state index < -0.39 is 11.4 Å². The second-order valence-electron chi connectivity index (χ2n) is 4.81. The van der Waals surface area contributed by atoms with Crippen molar-refractivity contribution in [1.29, 1.82) is 0 Å². The Bertz CT molecular complexity index is 172. The number of aliphatic carboxylic acids is 1. The second-order valence-corrected chi connectivity index (χ2v) is 4.81. The van der Waals surface area contributed by atoms with Crippen molar-refractivity contribution in [2.75, 3.05) is 6.54 Å². The van der Waals surface area contributed by atoms with Crippen LogP contribution in [0.25, 0.3) is 0 Å². The molecule has 0 aliphatic heterocycles. The first-order chi connectivity index (χ1) is 5.21. The molecule has 0 heterocycles. The van der Waals surface area contributed by atoms with Gasteiger partial charge in [-0.1, -0.05) is 20.8 Å². The summed E-state index contributed by atoms with van der Waals surface area (Å²) in [5, 5.41) is 8.92. The Hall–Kier alpha value is -0.570. The molecule has 1 unspecified atom stereocenters. The molecule has 3 N–H and O–H groups in total. The van der Waals surface area contributed by atoms with Gasteiger partial charge in [-0.2, -0.15) is 0 Å². The third-order valence-corrected chi connectivity index (χ3v) is 1.89. The lowest BCUT2D eigenvalue weighted by Gasteiger charge is -2.30. The number of carbonyl (C=O) groups is 1. The van der Waals surface area contributed by atoms with E-state index in [0.717, 1.165) is 0 Å². The number of hydrogen-bond donors (Lipinski definition) is 2. The zero-order chi connectivity index (χ0) is 9.99. The van der Waals surface area contributed by atoms with Crippen LogP contribution in [-0.2, 0) is 4.79 Å². The third kappa shape index (κ3) is 3.22. The van der Waals surface area contributed by atoms with E-state index in [0.29, 0.717) is 6.42 Å². The van der Waals surface area contributed by atoms with Crippen LogP contribution in [0.2, 0.25) is 0 Å². The van der Waals surface area contributed by atoms with Gasteiger partial charge < -0.3 is 10.8 Å². The minimum Gasteiger partial charge on any atom is -0.481 e. The highest BCUT2D eigenvalue weighted by Gasteiger charge is 2.35. The van der Waals surface area contributed by atoms with Crippen LogP contribution in [0, 0.1) is 10.8 Å². The summed E-state index contributed by atoms with van der Waals surface area (Å²) < 4.78 is 0. The van der Waals surface area contributed by atoms with Gasteiger partial charge in [-0.15, -0.1) is 0 Å². The van der Waals surface area contributed by atoms with Crippen molar-refractivity contribution in [3.05, 3.63) is 0 Å². The van der Waals surface area contributed by atoms with E-state index in [1.54, 1.807) is 6.92 Å². The van der Waals surface area contributed by atoms with Crippen molar-refractivity contribution in [3.8, 4) is 0 Å². The van der Waals surface area contributed by atoms with Gasteiger partial charge in [0.25, 0.3) is 0 Å². The molecule has 0 aliphatic carbocycles. The highest BCUT2D eigenvalue weighted by molar-refractivity contribution is 5.74. The van der Waals surface area contributed by atoms with Crippen molar-refractivity contribution in [1.82, 2.24) is 0 Å². The summed E-state index contributed by atoms with van der Waals surface area (Å²) in [4.78, 5) is 10.8. The van der Waals surface area contributed by atoms with Crippen molar-refractivity contribution in [2.45, 2.75) is 34.1 Å². The Labute approximate surface area is 74.0 Å². The number of rotatable bonds is 3. The Balaban J connectivity index is 4.46. The predicted octanol–water partition coefficient (Wildman–Crippen LogP) is 1.47. The zero-order valence-electron chi connectivity index (χ0n) is 8.35. The molecule has 0 radical (unpaired) electrons. The van der Waals surface area contributed by atoms with Crippen LogP contribution < -0.4 is 5.73 Å². The van der Waals surface area contributed by atoms with Crippen LogP contribution in [0.5, 0.6) is 0 Å². The zero-order valence-corrected chi connectivity index (χ0v) is 8.35.